The van der Waals surface area contributed by atoms with E-state index in [4.69, 9.17) is 4.74 Å². The second-order valence-electron chi connectivity index (χ2n) is 5.46. The normalized spacial score (nSPS) is 20.1. The Morgan fingerprint density at radius 3 is 2.81 bits per heavy atom. The average Bonchev–Trinajstić information content (AvgIpc) is 2.77. The summed E-state index contributed by atoms with van der Waals surface area (Å²) in [6, 6.07) is 7.53. The zero-order valence-corrected chi connectivity index (χ0v) is 13.0. The fourth-order valence-corrected chi connectivity index (χ4v) is 4.34. The summed E-state index contributed by atoms with van der Waals surface area (Å²) in [5.74, 6) is 1.23. The van der Waals surface area contributed by atoms with Crippen molar-refractivity contribution in [2.24, 2.45) is 5.92 Å². The van der Waals surface area contributed by atoms with E-state index in [1.165, 1.54) is 0 Å². The Morgan fingerprint density at radius 2 is 2.14 bits per heavy atom. The Morgan fingerprint density at radius 1 is 1.38 bits per heavy atom. The maximum Gasteiger partial charge on any atom is 0.257 e. The van der Waals surface area contributed by atoms with E-state index in [2.05, 4.69) is 5.32 Å². The Labute approximate surface area is 125 Å². The maximum absolute atomic E-state index is 11.7. The first kappa shape index (κ1) is 15.8. The summed E-state index contributed by atoms with van der Waals surface area (Å²) in [6.45, 7) is 2.40. The van der Waals surface area contributed by atoms with Crippen LogP contribution in [0.3, 0.4) is 0 Å². The van der Waals surface area contributed by atoms with Crippen LogP contribution < -0.4 is 10.1 Å². The minimum atomic E-state index is -2.83. The largest absolute Gasteiger partial charge is 0.484 e. The summed E-state index contributed by atoms with van der Waals surface area (Å²) >= 11 is 0. The third kappa shape index (κ3) is 5.04. The van der Waals surface area contributed by atoms with Crippen molar-refractivity contribution in [3.8, 4) is 5.75 Å². The summed E-state index contributed by atoms with van der Waals surface area (Å²) in [4.78, 5) is 11.7. The molecular weight excluding hydrogens is 290 g/mol. The van der Waals surface area contributed by atoms with E-state index in [9.17, 15) is 13.2 Å². The van der Waals surface area contributed by atoms with Crippen LogP contribution in [0, 0.1) is 12.8 Å². The lowest BCUT2D eigenvalue weighted by atomic mass is 10.1. The van der Waals surface area contributed by atoms with Gasteiger partial charge in [0.2, 0.25) is 0 Å². The van der Waals surface area contributed by atoms with Gasteiger partial charge in [0.25, 0.3) is 5.91 Å². The first-order chi connectivity index (χ1) is 9.96. The third-order valence-electron chi connectivity index (χ3n) is 3.65. The van der Waals surface area contributed by atoms with Gasteiger partial charge >= 0.3 is 0 Å². The van der Waals surface area contributed by atoms with Gasteiger partial charge in [0, 0.05) is 6.54 Å². The molecule has 1 atom stereocenters. The lowest BCUT2D eigenvalue weighted by Crippen LogP contribution is -2.30. The van der Waals surface area contributed by atoms with Gasteiger partial charge in [-0.05, 0) is 37.3 Å². The third-order valence-corrected chi connectivity index (χ3v) is 5.49. The molecule has 5 nitrogen and oxygen atoms in total. The van der Waals surface area contributed by atoms with Crippen LogP contribution in [0.4, 0.5) is 0 Å². The van der Waals surface area contributed by atoms with Crippen LogP contribution in [0.2, 0.25) is 0 Å². The van der Waals surface area contributed by atoms with Crippen LogP contribution in [0.15, 0.2) is 24.3 Å². The molecular formula is C15H21NO4S. The number of carbonyl (C=O) groups is 1. The zero-order valence-electron chi connectivity index (χ0n) is 12.2. The molecule has 1 amide bonds. The predicted octanol–water partition coefficient (Wildman–Crippen LogP) is 1.31. The average molecular weight is 311 g/mol. The molecule has 0 saturated carbocycles. The van der Waals surface area contributed by atoms with E-state index in [0.29, 0.717) is 25.1 Å². The summed E-state index contributed by atoms with van der Waals surface area (Å²) in [5.41, 5.74) is 0.987. The number of hydrogen-bond acceptors (Lipinski definition) is 4. The van der Waals surface area contributed by atoms with E-state index in [-0.39, 0.29) is 29.9 Å². The molecule has 116 valence electrons. The monoisotopic (exact) mass is 311 g/mol. The van der Waals surface area contributed by atoms with Gasteiger partial charge in [-0.25, -0.2) is 8.42 Å². The Bertz CT molecular complexity index is 597. The fourth-order valence-electron chi connectivity index (χ4n) is 2.43. The second-order valence-corrected chi connectivity index (χ2v) is 7.69. The summed E-state index contributed by atoms with van der Waals surface area (Å²) in [5, 5.41) is 2.77. The quantitative estimate of drug-likeness (QED) is 0.860. The van der Waals surface area contributed by atoms with Crippen LogP contribution in [-0.4, -0.2) is 39.0 Å². The van der Waals surface area contributed by atoms with Crippen LogP contribution in [-0.2, 0) is 14.6 Å². The van der Waals surface area contributed by atoms with Crippen LogP contribution in [0.5, 0.6) is 5.75 Å². The van der Waals surface area contributed by atoms with Crippen LogP contribution in [0.1, 0.15) is 18.4 Å². The molecule has 0 spiro atoms. The van der Waals surface area contributed by atoms with Crippen molar-refractivity contribution in [2.45, 2.75) is 19.8 Å². The van der Waals surface area contributed by atoms with E-state index >= 15 is 0 Å². The summed E-state index contributed by atoms with van der Waals surface area (Å²) in [7, 11) is -2.83. The number of benzene rings is 1. The van der Waals surface area contributed by atoms with Gasteiger partial charge in [-0.1, -0.05) is 18.2 Å². The smallest absolute Gasteiger partial charge is 0.257 e. The molecule has 1 fully saturated rings. The molecule has 1 heterocycles. The Kier molecular flexibility index (Phi) is 5.22. The minimum absolute atomic E-state index is 0.0200. The topological polar surface area (TPSA) is 72.5 Å². The molecule has 2 rings (SSSR count). The van der Waals surface area contributed by atoms with Gasteiger partial charge in [-0.15, -0.1) is 0 Å². The molecule has 1 N–H and O–H groups in total. The van der Waals surface area contributed by atoms with Crippen molar-refractivity contribution in [2.75, 3.05) is 24.7 Å². The predicted molar refractivity (Wildman–Crippen MR) is 81.1 cm³/mol. The highest BCUT2D eigenvalue weighted by Crippen LogP contribution is 2.20. The molecule has 0 aromatic heterocycles. The molecule has 0 bridgehead atoms. The molecule has 6 heteroatoms. The molecule has 1 saturated heterocycles. The molecule has 1 unspecified atom stereocenters. The molecule has 0 radical (unpaired) electrons. The van der Waals surface area contributed by atoms with Gasteiger partial charge in [-0.3, -0.25) is 4.79 Å². The van der Waals surface area contributed by atoms with Crippen molar-refractivity contribution in [1.29, 1.82) is 0 Å². The molecule has 1 aromatic rings. The van der Waals surface area contributed by atoms with E-state index in [1.807, 2.05) is 31.2 Å². The van der Waals surface area contributed by atoms with E-state index in [1.54, 1.807) is 0 Å². The standard InChI is InChI=1S/C15H21NO4S/c1-12-4-2-3-5-14(12)20-10-15(17)16-8-6-13-7-9-21(18,19)11-13/h2-5,13H,6-11H2,1H3,(H,16,17). The zero-order chi connectivity index (χ0) is 15.3. The van der Waals surface area contributed by atoms with Gasteiger partial charge < -0.3 is 10.1 Å². The number of carbonyl (C=O) groups excluding carboxylic acids is 1. The van der Waals surface area contributed by atoms with Crippen molar-refractivity contribution in [3.63, 3.8) is 0 Å². The van der Waals surface area contributed by atoms with Gasteiger partial charge in [0.15, 0.2) is 16.4 Å². The first-order valence-electron chi connectivity index (χ1n) is 7.12. The van der Waals surface area contributed by atoms with Crippen molar-refractivity contribution >= 4 is 15.7 Å². The van der Waals surface area contributed by atoms with Gasteiger partial charge in [0.05, 0.1) is 11.5 Å². The number of rotatable bonds is 6. The van der Waals surface area contributed by atoms with Crippen LogP contribution >= 0.6 is 0 Å². The Hall–Kier alpha value is -1.56. The highest BCUT2D eigenvalue weighted by molar-refractivity contribution is 7.91. The fraction of sp³-hybridized carbons (Fsp3) is 0.533. The molecule has 21 heavy (non-hydrogen) atoms. The number of nitrogens with one attached hydrogen (secondary N) is 1. The molecule has 1 aromatic carbocycles. The maximum atomic E-state index is 11.7. The number of hydrogen-bond donors (Lipinski definition) is 1. The summed E-state index contributed by atoms with van der Waals surface area (Å²) in [6.07, 6.45) is 1.41. The van der Waals surface area contributed by atoms with Crippen molar-refractivity contribution in [3.05, 3.63) is 29.8 Å². The molecule has 1 aliphatic heterocycles. The van der Waals surface area contributed by atoms with E-state index < -0.39 is 9.84 Å². The number of ether oxygens (including phenoxy) is 1. The molecule has 0 aliphatic carbocycles. The van der Waals surface area contributed by atoms with Gasteiger partial charge in [-0.2, -0.15) is 0 Å². The number of amides is 1. The van der Waals surface area contributed by atoms with Gasteiger partial charge in [0.1, 0.15) is 5.75 Å². The van der Waals surface area contributed by atoms with E-state index in [0.717, 1.165) is 5.56 Å². The van der Waals surface area contributed by atoms with Crippen molar-refractivity contribution < 1.29 is 17.9 Å². The van der Waals surface area contributed by atoms with Crippen molar-refractivity contribution in [1.82, 2.24) is 5.32 Å². The SMILES string of the molecule is Cc1ccccc1OCC(=O)NCCC1CCS(=O)(=O)C1. The minimum Gasteiger partial charge on any atom is -0.484 e. The number of para-hydroxylation sites is 1. The highest BCUT2D eigenvalue weighted by Gasteiger charge is 2.27. The Balaban J connectivity index is 1.65. The second kappa shape index (κ2) is 6.93. The van der Waals surface area contributed by atoms with Crippen LogP contribution in [0.25, 0.3) is 0 Å². The number of sulfone groups is 1. The molecule has 1 aliphatic rings. The first-order valence-corrected chi connectivity index (χ1v) is 8.94. The lowest BCUT2D eigenvalue weighted by molar-refractivity contribution is -0.123. The lowest BCUT2D eigenvalue weighted by Gasteiger charge is -2.11. The summed E-state index contributed by atoms with van der Waals surface area (Å²) < 4.78 is 28.1. The highest BCUT2D eigenvalue weighted by atomic mass is 32.2. The number of aryl methyl sites for hydroxylation is 1.